The molecule has 1 N–H and O–H groups in total. The first-order valence-corrected chi connectivity index (χ1v) is 7.01. The van der Waals surface area contributed by atoms with Gasteiger partial charge >= 0.3 is 5.97 Å². The second-order valence-electron chi connectivity index (χ2n) is 4.58. The van der Waals surface area contributed by atoms with Crippen LogP contribution in [0, 0.1) is 0 Å². The Morgan fingerprint density at radius 2 is 1.80 bits per heavy atom. The van der Waals surface area contributed by atoms with E-state index in [-0.39, 0.29) is 12.2 Å². The molecular weight excluding hydrogens is 280 g/mol. The highest BCUT2D eigenvalue weighted by Gasteiger charge is 2.12. The second kappa shape index (κ2) is 8.59. The van der Waals surface area contributed by atoms with E-state index >= 15 is 0 Å². The molecule has 0 aromatic heterocycles. The van der Waals surface area contributed by atoms with Crippen molar-refractivity contribution in [3.63, 3.8) is 0 Å². The molecule has 1 aromatic rings. The number of unbranched alkanes of at least 4 members (excludes halogenated alkanes) is 3. The Morgan fingerprint density at radius 3 is 2.40 bits per heavy atom. The van der Waals surface area contributed by atoms with Crippen molar-refractivity contribution in [1.82, 2.24) is 0 Å². The third-order valence-corrected chi connectivity index (χ3v) is 3.24. The van der Waals surface area contributed by atoms with Gasteiger partial charge in [-0.2, -0.15) is 0 Å². The van der Waals surface area contributed by atoms with E-state index in [1.165, 1.54) is 7.11 Å². The van der Waals surface area contributed by atoms with Gasteiger partial charge in [-0.05, 0) is 31.0 Å². The lowest BCUT2D eigenvalue weighted by Gasteiger charge is -2.08. The Kier molecular flexibility index (Phi) is 7.09. The van der Waals surface area contributed by atoms with Crippen LogP contribution < -0.4 is 4.74 Å². The average Bonchev–Trinajstić information content (AvgIpc) is 2.42. The van der Waals surface area contributed by atoms with Crippen LogP contribution in [0.2, 0.25) is 5.02 Å². The average molecular weight is 299 g/mol. The molecule has 0 aliphatic heterocycles. The zero-order valence-electron chi connectivity index (χ0n) is 11.5. The molecule has 0 atom stereocenters. The van der Waals surface area contributed by atoms with Gasteiger partial charge in [-0.1, -0.05) is 24.4 Å². The Bertz CT molecular complexity index is 471. The summed E-state index contributed by atoms with van der Waals surface area (Å²) in [6, 6.07) is 4.98. The van der Waals surface area contributed by atoms with E-state index in [2.05, 4.69) is 0 Å². The minimum absolute atomic E-state index is 0.00239. The first-order chi connectivity index (χ1) is 9.54. The molecule has 0 aliphatic carbocycles. The number of rotatable bonds is 9. The summed E-state index contributed by atoms with van der Waals surface area (Å²) in [5, 5.41) is 9.02. The molecule has 0 unspecified atom stereocenters. The molecule has 1 aromatic carbocycles. The fourth-order valence-corrected chi connectivity index (χ4v) is 2.12. The smallest absolute Gasteiger partial charge is 0.303 e. The van der Waals surface area contributed by atoms with Crippen molar-refractivity contribution >= 4 is 23.4 Å². The van der Waals surface area contributed by atoms with E-state index in [1.807, 2.05) is 0 Å². The van der Waals surface area contributed by atoms with Gasteiger partial charge in [0.2, 0.25) is 0 Å². The molecule has 0 saturated heterocycles. The molecule has 0 aliphatic rings. The fraction of sp³-hybridized carbons (Fsp3) is 0.467. The first-order valence-electron chi connectivity index (χ1n) is 6.63. The Hall–Kier alpha value is -1.55. The van der Waals surface area contributed by atoms with Gasteiger partial charge in [0.25, 0.3) is 0 Å². The molecular formula is C15H19ClO4. The van der Waals surface area contributed by atoms with Gasteiger partial charge in [-0.3, -0.25) is 9.59 Å². The number of halogens is 1. The number of benzene rings is 1. The zero-order valence-corrected chi connectivity index (χ0v) is 12.3. The predicted octanol–water partition coefficient (Wildman–Crippen LogP) is 3.96. The summed E-state index contributed by atoms with van der Waals surface area (Å²) in [5.74, 6) is -0.238. The molecule has 1 rings (SSSR count). The maximum atomic E-state index is 12.1. The number of hydrogen-bond acceptors (Lipinski definition) is 3. The van der Waals surface area contributed by atoms with Crippen LogP contribution in [0.15, 0.2) is 18.2 Å². The van der Waals surface area contributed by atoms with Crippen LogP contribution in [0.3, 0.4) is 0 Å². The topological polar surface area (TPSA) is 63.6 Å². The summed E-state index contributed by atoms with van der Waals surface area (Å²) in [6.07, 6.45) is 3.69. The lowest BCUT2D eigenvalue weighted by Crippen LogP contribution is -2.02. The fourth-order valence-electron chi connectivity index (χ4n) is 1.95. The monoisotopic (exact) mass is 298 g/mol. The number of carboxylic acid groups (broad SMARTS) is 1. The van der Waals surface area contributed by atoms with Crippen LogP contribution >= 0.6 is 11.6 Å². The summed E-state index contributed by atoms with van der Waals surface area (Å²) in [4.78, 5) is 22.4. The van der Waals surface area contributed by atoms with E-state index < -0.39 is 5.97 Å². The summed E-state index contributed by atoms with van der Waals surface area (Å²) < 4.78 is 5.15. The van der Waals surface area contributed by atoms with Gasteiger partial charge in [-0.15, -0.1) is 0 Å². The number of methoxy groups -OCH3 is 1. The number of ketones is 1. The molecule has 0 amide bonds. The third kappa shape index (κ3) is 5.61. The normalized spacial score (nSPS) is 10.3. The molecule has 110 valence electrons. The van der Waals surface area contributed by atoms with Crippen molar-refractivity contribution in [2.45, 2.75) is 38.5 Å². The maximum absolute atomic E-state index is 12.1. The van der Waals surface area contributed by atoms with Gasteiger partial charge in [-0.25, -0.2) is 0 Å². The van der Waals surface area contributed by atoms with Crippen molar-refractivity contribution in [3.8, 4) is 5.75 Å². The number of hydrogen-bond donors (Lipinski definition) is 1. The Morgan fingerprint density at radius 1 is 1.15 bits per heavy atom. The second-order valence-corrected chi connectivity index (χ2v) is 5.01. The van der Waals surface area contributed by atoms with Crippen LogP contribution in [-0.4, -0.2) is 24.0 Å². The van der Waals surface area contributed by atoms with Gasteiger partial charge in [0.05, 0.1) is 12.7 Å². The Balaban J connectivity index is 2.39. The van der Waals surface area contributed by atoms with Gasteiger partial charge in [0, 0.05) is 17.9 Å². The standard InChI is InChI=1S/C15H19ClO4/c1-20-14-9-8-11(16)10-12(14)13(17)6-4-2-3-5-7-15(18)19/h8-10H,2-7H2,1H3,(H,18,19). The largest absolute Gasteiger partial charge is 0.496 e. The van der Waals surface area contributed by atoms with Crippen LogP contribution in [0.25, 0.3) is 0 Å². The maximum Gasteiger partial charge on any atom is 0.303 e. The minimum Gasteiger partial charge on any atom is -0.496 e. The van der Waals surface area contributed by atoms with Crippen molar-refractivity contribution < 1.29 is 19.4 Å². The van der Waals surface area contributed by atoms with E-state index in [0.717, 1.165) is 19.3 Å². The van der Waals surface area contributed by atoms with E-state index in [4.69, 9.17) is 21.4 Å². The molecule has 0 spiro atoms. The van der Waals surface area contributed by atoms with Gasteiger partial charge < -0.3 is 9.84 Å². The quantitative estimate of drug-likeness (QED) is 0.554. The summed E-state index contributed by atoms with van der Waals surface area (Å²) in [6.45, 7) is 0. The molecule has 0 fully saturated rings. The van der Waals surface area contributed by atoms with Crippen LogP contribution in [0.1, 0.15) is 48.9 Å². The van der Waals surface area contributed by atoms with Crippen LogP contribution in [-0.2, 0) is 4.79 Å². The number of carbonyl (C=O) groups excluding carboxylic acids is 1. The highest BCUT2D eigenvalue weighted by atomic mass is 35.5. The van der Waals surface area contributed by atoms with Crippen molar-refractivity contribution in [1.29, 1.82) is 0 Å². The van der Waals surface area contributed by atoms with E-state index in [0.29, 0.717) is 29.2 Å². The lowest BCUT2D eigenvalue weighted by molar-refractivity contribution is -0.137. The highest BCUT2D eigenvalue weighted by Crippen LogP contribution is 2.24. The molecule has 4 nitrogen and oxygen atoms in total. The predicted molar refractivity (Wildman–Crippen MR) is 77.7 cm³/mol. The summed E-state index contributed by atoms with van der Waals surface area (Å²) >= 11 is 5.89. The van der Waals surface area contributed by atoms with E-state index in [1.54, 1.807) is 18.2 Å². The Labute approximate surface area is 123 Å². The zero-order chi connectivity index (χ0) is 15.0. The molecule has 0 heterocycles. The van der Waals surface area contributed by atoms with Gasteiger partial charge in [0.15, 0.2) is 5.78 Å². The number of aliphatic carboxylic acids is 1. The summed E-state index contributed by atoms with van der Waals surface area (Å²) in [5.41, 5.74) is 0.505. The summed E-state index contributed by atoms with van der Waals surface area (Å²) in [7, 11) is 1.52. The molecule has 5 heteroatoms. The number of ether oxygens (including phenoxy) is 1. The third-order valence-electron chi connectivity index (χ3n) is 3.01. The number of carbonyl (C=O) groups is 2. The highest BCUT2D eigenvalue weighted by molar-refractivity contribution is 6.31. The van der Waals surface area contributed by atoms with Crippen LogP contribution in [0.5, 0.6) is 5.75 Å². The van der Waals surface area contributed by atoms with Crippen molar-refractivity contribution in [2.24, 2.45) is 0 Å². The van der Waals surface area contributed by atoms with Crippen molar-refractivity contribution in [2.75, 3.05) is 7.11 Å². The number of Topliss-reactive ketones (excluding diaryl/α,β-unsaturated/α-hetero) is 1. The SMILES string of the molecule is COc1ccc(Cl)cc1C(=O)CCCCCCC(=O)O. The molecule has 0 radical (unpaired) electrons. The first kappa shape index (κ1) is 16.5. The van der Waals surface area contributed by atoms with Crippen LogP contribution in [0.4, 0.5) is 0 Å². The lowest BCUT2D eigenvalue weighted by atomic mass is 10.0. The van der Waals surface area contributed by atoms with Crippen molar-refractivity contribution in [3.05, 3.63) is 28.8 Å². The van der Waals surface area contributed by atoms with Gasteiger partial charge in [0.1, 0.15) is 5.75 Å². The molecule has 0 saturated carbocycles. The molecule has 20 heavy (non-hydrogen) atoms. The minimum atomic E-state index is -0.773. The number of carboxylic acids is 1. The molecule has 0 bridgehead atoms. The van der Waals surface area contributed by atoms with E-state index in [9.17, 15) is 9.59 Å².